The average molecular weight is 323 g/mol. The van der Waals surface area contributed by atoms with Gasteiger partial charge in [-0.1, -0.05) is 36.4 Å². The molecule has 23 heavy (non-hydrogen) atoms. The molecule has 2 aromatic rings. The lowest BCUT2D eigenvalue weighted by atomic mass is 9.95. The molecule has 3 rings (SSSR count). The molecule has 0 bridgehead atoms. The standard InChI is InChI=1S/C17H16F3NO2/c18-17(19,20)23-15-7-2-1-5-13(15)14-6-3-4-11-8-9-12(10-21)22-16(11)14/h1-7,12H,8-10,21H2/t12-/m1/s1. The summed E-state index contributed by atoms with van der Waals surface area (Å²) in [5.74, 6) is 0.347. The van der Waals surface area contributed by atoms with Gasteiger partial charge in [0.1, 0.15) is 17.6 Å². The molecule has 0 aliphatic carbocycles. The summed E-state index contributed by atoms with van der Waals surface area (Å²) in [6, 6.07) is 11.5. The molecule has 3 nitrogen and oxygen atoms in total. The van der Waals surface area contributed by atoms with Gasteiger partial charge in [0, 0.05) is 17.7 Å². The van der Waals surface area contributed by atoms with E-state index in [0.717, 1.165) is 18.4 Å². The van der Waals surface area contributed by atoms with Crippen molar-refractivity contribution in [3.63, 3.8) is 0 Å². The number of aryl methyl sites for hydroxylation is 1. The van der Waals surface area contributed by atoms with Crippen LogP contribution >= 0.6 is 0 Å². The van der Waals surface area contributed by atoms with Gasteiger partial charge >= 0.3 is 6.36 Å². The third-order valence-corrected chi connectivity index (χ3v) is 3.78. The zero-order valence-corrected chi connectivity index (χ0v) is 12.3. The number of benzene rings is 2. The lowest BCUT2D eigenvalue weighted by molar-refractivity contribution is -0.274. The fourth-order valence-electron chi connectivity index (χ4n) is 2.74. The van der Waals surface area contributed by atoms with Crippen LogP contribution in [0.2, 0.25) is 0 Å². The first kappa shape index (κ1) is 15.7. The number of nitrogens with two attached hydrogens (primary N) is 1. The fraction of sp³-hybridized carbons (Fsp3) is 0.294. The zero-order chi connectivity index (χ0) is 16.4. The van der Waals surface area contributed by atoms with E-state index in [1.165, 1.54) is 12.1 Å². The highest BCUT2D eigenvalue weighted by Crippen LogP contribution is 2.42. The molecule has 2 aromatic carbocycles. The van der Waals surface area contributed by atoms with Crippen molar-refractivity contribution in [1.29, 1.82) is 0 Å². The Morgan fingerprint density at radius 2 is 1.83 bits per heavy atom. The number of alkyl halides is 3. The lowest BCUT2D eigenvalue weighted by Crippen LogP contribution is -2.30. The summed E-state index contributed by atoms with van der Waals surface area (Å²) in [4.78, 5) is 0. The summed E-state index contributed by atoms with van der Waals surface area (Å²) in [6.07, 6.45) is -3.29. The maximum absolute atomic E-state index is 12.6. The first-order valence-corrected chi connectivity index (χ1v) is 7.31. The van der Waals surface area contributed by atoms with Crippen molar-refractivity contribution in [2.45, 2.75) is 25.3 Å². The summed E-state index contributed by atoms with van der Waals surface area (Å²) in [7, 11) is 0. The highest BCUT2D eigenvalue weighted by atomic mass is 19.4. The minimum atomic E-state index is -4.74. The monoisotopic (exact) mass is 323 g/mol. The van der Waals surface area contributed by atoms with E-state index in [4.69, 9.17) is 10.5 Å². The van der Waals surface area contributed by atoms with E-state index >= 15 is 0 Å². The Morgan fingerprint density at radius 1 is 1.09 bits per heavy atom. The number of fused-ring (bicyclic) bond motifs is 1. The Morgan fingerprint density at radius 3 is 2.57 bits per heavy atom. The normalized spacial score (nSPS) is 17.3. The molecular formula is C17H16F3NO2. The maximum Gasteiger partial charge on any atom is 0.573 e. The van der Waals surface area contributed by atoms with Crippen molar-refractivity contribution in [2.24, 2.45) is 5.73 Å². The minimum absolute atomic E-state index is 0.126. The Bertz CT molecular complexity index is 700. The van der Waals surface area contributed by atoms with Crippen LogP contribution in [0, 0.1) is 0 Å². The number of halogens is 3. The number of hydrogen-bond acceptors (Lipinski definition) is 3. The second kappa shape index (κ2) is 6.12. The van der Waals surface area contributed by atoms with Crippen molar-refractivity contribution < 1.29 is 22.6 Å². The molecule has 0 spiro atoms. The van der Waals surface area contributed by atoms with Gasteiger partial charge in [-0.2, -0.15) is 0 Å². The van der Waals surface area contributed by atoms with Crippen LogP contribution in [0.4, 0.5) is 13.2 Å². The molecule has 0 saturated heterocycles. The van der Waals surface area contributed by atoms with Gasteiger partial charge in [0.2, 0.25) is 0 Å². The van der Waals surface area contributed by atoms with Crippen LogP contribution in [0.3, 0.4) is 0 Å². The van der Waals surface area contributed by atoms with E-state index in [-0.39, 0.29) is 11.9 Å². The Hall–Kier alpha value is -2.21. The summed E-state index contributed by atoms with van der Waals surface area (Å²) in [6.45, 7) is 0.370. The molecule has 0 fully saturated rings. The second-order valence-electron chi connectivity index (χ2n) is 5.35. The zero-order valence-electron chi connectivity index (χ0n) is 12.3. The van der Waals surface area contributed by atoms with Gasteiger partial charge in [0.15, 0.2) is 0 Å². The minimum Gasteiger partial charge on any atom is -0.488 e. The largest absolute Gasteiger partial charge is 0.573 e. The third-order valence-electron chi connectivity index (χ3n) is 3.78. The van der Waals surface area contributed by atoms with Crippen molar-refractivity contribution in [1.82, 2.24) is 0 Å². The molecule has 122 valence electrons. The van der Waals surface area contributed by atoms with Crippen LogP contribution in [0.25, 0.3) is 11.1 Å². The van der Waals surface area contributed by atoms with Crippen molar-refractivity contribution in [3.05, 3.63) is 48.0 Å². The first-order valence-electron chi connectivity index (χ1n) is 7.31. The van der Waals surface area contributed by atoms with Crippen LogP contribution in [-0.4, -0.2) is 19.0 Å². The van der Waals surface area contributed by atoms with Crippen LogP contribution in [-0.2, 0) is 6.42 Å². The van der Waals surface area contributed by atoms with E-state index in [2.05, 4.69) is 4.74 Å². The summed E-state index contributed by atoms with van der Waals surface area (Å²) in [5, 5.41) is 0. The Labute approximate surface area is 131 Å². The smallest absolute Gasteiger partial charge is 0.488 e. The van der Waals surface area contributed by atoms with Crippen LogP contribution in [0.5, 0.6) is 11.5 Å². The van der Waals surface area contributed by atoms with Gasteiger partial charge in [0.05, 0.1) is 0 Å². The van der Waals surface area contributed by atoms with Crippen molar-refractivity contribution >= 4 is 0 Å². The molecule has 2 N–H and O–H groups in total. The third kappa shape index (κ3) is 3.42. The second-order valence-corrected chi connectivity index (χ2v) is 5.35. The quantitative estimate of drug-likeness (QED) is 0.931. The predicted molar refractivity (Wildman–Crippen MR) is 80.4 cm³/mol. The van der Waals surface area contributed by atoms with Crippen LogP contribution in [0.15, 0.2) is 42.5 Å². The molecule has 1 heterocycles. The number of rotatable bonds is 3. The molecule has 0 radical (unpaired) electrons. The molecule has 1 aliphatic rings. The van der Waals surface area contributed by atoms with E-state index in [1.807, 2.05) is 12.1 Å². The highest BCUT2D eigenvalue weighted by molar-refractivity contribution is 5.77. The highest BCUT2D eigenvalue weighted by Gasteiger charge is 2.33. The maximum atomic E-state index is 12.6. The van der Waals surface area contributed by atoms with Crippen LogP contribution in [0.1, 0.15) is 12.0 Å². The van der Waals surface area contributed by atoms with Gasteiger partial charge in [-0.3, -0.25) is 0 Å². The van der Waals surface area contributed by atoms with Gasteiger partial charge in [-0.25, -0.2) is 0 Å². The molecule has 0 saturated carbocycles. The molecule has 0 amide bonds. The summed E-state index contributed by atoms with van der Waals surface area (Å²) < 4.78 is 47.9. The number of ether oxygens (including phenoxy) is 2. The van der Waals surface area contributed by atoms with Crippen LogP contribution < -0.4 is 15.2 Å². The Balaban J connectivity index is 2.07. The summed E-state index contributed by atoms with van der Waals surface area (Å²) >= 11 is 0. The average Bonchev–Trinajstić information content (AvgIpc) is 2.53. The van der Waals surface area contributed by atoms with Gasteiger partial charge < -0.3 is 15.2 Å². The van der Waals surface area contributed by atoms with Gasteiger partial charge in [-0.15, -0.1) is 13.2 Å². The molecule has 0 aromatic heterocycles. The lowest BCUT2D eigenvalue weighted by Gasteiger charge is -2.27. The van der Waals surface area contributed by atoms with Crippen molar-refractivity contribution in [2.75, 3.05) is 6.54 Å². The van der Waals surface area contributed by atoms with E-state index in [1.54, 1.807) is 18.2 Å². The van der Waals surface area contributed by atoms with E-state index in [0.29, 0.717) is 23.4 Å². The topological polar surface area (TPSA) is 44.5 Å². The summed E-state index contributed by atoms with van der Waals surface area (Å²) in [5.41, 5.74) is 7.56. The molecular weight excluding hydrogens is 307 g/mol. The van der Waals surface area contributed by atoms with Gasteiger partial charge in [-0.05, 0) is 24.5 Å². The Kier molecular flexibility index (Phi) is 4.17. The van der Waals surface area contributed by atoms with E-state index < -0.39 is 6.36 Å². The fourth-order valence-corrected chi connectivity index (χ4v) is 2.74. The first-order chi connectivity index (χ1) is 11.0. The van der Waals surface area contributed by atoms with Gasteiger partial charge in [0.25, 0.3) is 0 Å². The SMILES string of the molecule is NC[C@H]1CCc2cccc(-c3ccccc3OC(F)(F)F)c2O1. The molecule has 0 unspecified atom stereocenters. The molecule has 6 heteroatoms. The molecule has 1 aliphatic heterocycles. The predicted octanol–water partition coefficient (Wildman–Crippen LogP) is 3.90. The number of hydrogen-bond donors (Lipinski definition) is 1. The van der Waals surface area contributed by atoms with E-state index in [9.17, 15) is 13.2 Å². The van der Waals surface area contributed by atoms with Crippen molar-refractivity contribution in [3.8, 4) is 22.6 Å². The molecule has 1 atom stereocenters. The number of para-hydroxylation sites is 2.